The van der Waals surface area contributed by atoms with Crippen molar-refractivity contribution in [3.8, 4) is 5.82 Å². The van der Waals surface area contributed by atoms with Crippen LogP contribution in [0.5, 0.6) is 0 Å². The van der Waals surface area contributed by atoms with Crippen LogP contribution >= 0.6 is 0 Å². The van der Waals surface area contributed by atoms with Crippen molar-refractivity contribution in [2.24, 2.45) is 0 Å². The predicted molar refractivity (Wildman–Crippen MR) is 104 cm³/mol. The van der Waals surface area contributed by atoms with Gasteiger partial charge >= 0.3 is 0 Å². The van der Waals surface area contributed by atoms with Gasteiger partial charge in [0.05, 0.1) is 5.69 Å². The monoisotopic (exact) mass is 382 g/mol. The second-order valence-corrected chi connectivity index (χ2v) is 6.85. The Morgan fingerprint density at radius 2 is 2.11 bits per heavy atom. The van der Waals surface area contributed by atoms with Crippen molar-refractivity contribution in [3.63, 3.8) is 0 Å². The molecule has 0 aliphatic carbocycles. The maximum Gasteiger partial charge on any atom is 0.226 e. The van der Waals surface area contributed by atoms with Gasteiger partial charge in [0, 0.05) is 37.7 Å². The lowest BCUT2D eigenvalue weighted by Gasteiger charge is -2.07. The van der Waals surface area contributed by atoms with E-state index < -0.39 is 0 Å². The van der Waals surface area contributed by atoms with E-state index in [1.54, 1.807) is 10.9 Å². The molecule has 3 heterocycles. The fourth-order valence-electron chi connectivity index (χ4n) is 2.91. The molecule has 3 rings (SSSR count). The van der Waals surface area contributed by atoms with Gasteiger partial charge < -0.3 is 9.84 Å². The lowest BCUT2D eigenvalue weighted by Crippen LogP contribution is -2.22. The number of pyridine rings is 1. The molecule has 0 saturated carbocycles. The second-order valence-electron chi connectivity index (χ2n) is 6.85. The molecule has 0 radical (unpaired) electrons. The zero-order chi connectivity index (χ0) is 19.9. The molecule has 148 valence electrons. The number of amides is 1. The predicted octanol–water partition coefficient (Wildman–Crippen LogP) is 2.86. The number of aryl methyl sites for hydroxylation is 4. The summed E-state index contributed by atoms with van der Waals surface area (Å²) in [4.78, 5) is 20.8. The number of carbonyl (C=O) groups excluding carboxylic acids is 1. The van der Waals surface area contributed by atoms with Crippen LogP contribution in [-0.4, -0.2) is 30.8 Å². The third-order valence-corrected chi connectivity index (χ3v) is 4.30. The molecule has 0 aliphatic heterocycles. The van der Waals surface area contributed by atoms with E-state index in [2.05, 4.69) is 32.5 Å². The average molecular weight is 382 g/mol. The van der Waals surface area contributed by atoms with Crippen LogP contribution in [0.3, 0.4) is 0 Å². The molecule has 3 aromatic heterocycles. The number of rotatable bonds is 9. The maximum absolute atomic E-state index is 12.0. The van der Waals surface area contributed by atoms with Gasteiger partial charge in [-0.15, -0.1) is 0 Å². The quantitative estimate of drug-likeness (QED) is 0.611. The second kappa shape index (κ2) is 9.25. The Hall–Kier alpha value is -3.03. The number of carbonyl (C=O) groups is 1. The van der Waals surface area contributed by atoms with E-state index in [0.717, 1.165) is 41.4 Å². The molecular weight excluding hydrogens is 356 g/mol. The van der Waals surface area contributed by atoms with Gasteiger partial charge in [-0.3, -0.25) is 4.79 Å². The van der Waals surface area contributed by atoms with Gasteiger partial charge in [-0.1, -0.05) is 18.1 Å². The number of aromatic nitrogens is 5. The van der Waals surface area contributed by atoms with E-state index in [4.69, 9.17) is 4.52 Å². The Balaban J connectivity index is 1.42. The molecule has 0 atom stereocenters. The van der Waals surface area contributed by atoms with E-state index in [1.165, 1.54) is 0 Å². The summed E-state index contributed by atoms with van der Waals surface area (Å²) in [5.41, 5.74) is 2.94. The Kier molecular flexibility index (Phi) is 6.52. The van der Waals surface area contributed by atoms with E-state index in [0.29, 0.717) is 31.7 Å². The molecule has 0 fully saturated rings. The zero-order valence-corrected chi connectivity index (χ0v) is 16.6. The van der Waals surface area contributed by atoms with E-state index in [1.807, 2.05) is 32.0 Å². The molecule has 8 heteroatoms. The molecule has 28 heavy (non-hydrogen) atoms. The van der Waals surface area contributed by atoms with Crippen molar-refractivity contribution in [2.75, 3.05) is 0 Å². The normalized spacial score (nSPS) is 11.0. The van der Waals surface area contributed by atoms with Gasteiger partial charge in [0.2, 0.25) is 11.8 Å². The van der Waals surface area contributed by atoms with Crippen molar-refractivity contribution in [1.82, 2.24) is 30.2 Å². The first-order valence-corrected chi connectivity index (χ1v) is 9.62. The van der Waals surface area contributed by atoms with Crippen LogP contribution in [0.4, 0.5) is 0 Å². The summed E-state index contributed by atoms with van der Waals surface area (Å²) in [5.74, 6) is 2.09. The van der Waals surface area contributed by atoms with Gasteiger partial charge in [-0.05, 0) is 44.4 Å². The molecule has 8 nitrogen and oxygen atoms in total. The van der Waals surface area contributed by atoms with Crippen LogP contribution in [0, 0.1) is 13.8 Å². The highest BCUT2D eigenvalue weighted by molar-refractivity contribution is 5.75. The summed E-state index contributed by atoms with van der Waals surface area (Å²) in [6.45, 7) is 6.47. The summed E-state index contributed by atoms with van der Waals surface area (Å²) in [6.07, 6.45) is 5.27. The van der Waals surface area contributed by atoms with E-state index in [9.17, 15) is 4.79 Å². The van der Waals surface area contributed by atoms with Crippen LogP contribution in [0.2, 0.25) is 0 Å². The fourth-order valence-corrected chi connectivity index (χ4v) is 2.91. The standard InChI is InChI=1S/C20H26N6O2/c1-4-6-17-23-20(28-25-17)8-5-7-19(27)22-13-16-9-10-18(21-12-16)26-15(3)11-14(2)24-26/h9-12H,4-8,13H2,1-3H3,(H,22,27). The van der Waals surface area contributed by atoms with Crippen molar-refractivity contribution in [2.45, 2.75) is 59.4 Å². The summed E-state index contributed by atoms with van der Waals surface area (Å²) < 4.78 is 6.98. The van der Waals surface area contributed by atoms with Gasteiger partial charge in [0.15, 0.2) is 11.6 Å². The molecule has 0 saturated heterocycles. The van der Waals surface area contributed by atoms with Gasteiger partial charge in [-0.25, -0.2) is 9.67 Å². The largest absolute Gasteiger partial charge is 0.352 e. The smallest absolute Gasteiger partial charge is 0.226 e. The SMILES string of the molecule is CCCc1noc(CCCC(=O)NCc2ccc(-n3nc(C)cc3C)nc2)n1. The minimum Gasteiger partial charge on any atom is -0.352 e. The number of nitrogens with zero attached hydrogens (tertiary/aromatic N) is 5. The van der Waals surface area contributed by atoms with E-state index >= 15 is 0 Å². The molecule has 0 aromatic carbocycles. The minimum atomic E-state index is -0.00378. The van der Waals surface area contributed by atoms with Crippen molar-refractivity contribution in [1.29, 1.82) is 0 Å². The highest BCUT2D eigenvalue weighted by Crippen LogP contribution is 2.10. The van der Waals surface area contributed by atoms with Crippen LogP contribution in [0.15, 0.2) is 28.9 Å². The highest BCUT2D eigenvalue weighted by Gasteiger charge is 2.08. The van der Waals surface area contributed by atoms with Crippen molar-refractivity contribution >= 4 is 5.91 Å². The molecule has 1 N–H and O–H groups in total. The van der Waals surface area contributed by atoms with Gasteiger partial charge in [0.1, 0.15) is 0 Å². The third-order valence-electron chi connectivity index (χ3n) is 4.30. The molecule has 3 aromatic rings. The topological polar surface area (TPSA) is 98.7 Å². The molecule has 0 spiro atoms. The molecule has 0 aliphatic rings. The van der Waals surface area contributed by atoms with Gasteiger partial charge in [-0.2, -0.15) is 10.1 Å². The lowest BCUT2D eigenvalue weighted by atomic mass is 10.2. The van der Waals surface area contributed by atoms with Crippen molar-refractivity contribution < 1.29 is 9.32 Å². The number of hydrogen-bond acceptors (Lipinski definition) is 6. The first-order chi connectivity index (χ1) is 13.5. The Morgan fingerprint density at radius 1 is 1.25 bits per heavy atom. The van der Waals surface area contributed by atoms with Crippen LogP contribution in [0.1, 0.15) is 54.9 Å². The summed E-state index contributed by atoms with van der Waals surface area (Å²) in [5, 5.41) is 11.3. The Bertz CT molecular complexity index is 913. The highest BCUT2D eigenvalue weighted by atomic mass is 16.5. The number of hydrogen-bond donors (Lipinski definition) is 1. The summed E-state index contributed by atoms with van der Waals surface area (Å²) in [6, 6.07) is 5.87. The first kappa shape index (κ1) is 19.7. The molecular formula is C20H26N6O2. The maximum atomic E-state index is 12.0. The summed E-state index contributed by atoms with van der Waals surface area (Å²) >= 11 is 0. The van der Waals surface area contributed by atoms with Crippen LogP contribution in [-0.2, 0) is 24.2 Å². The number of nitrogens with one attached hydrogen (secondary N) is 1. The molecule has 0 unspecified atom stereocenters. The first-order valence-electron chi connectivity index (χ1n) is 9.62. The fraction of sp³-hybridized carbons (Fsp3) is 0.450. The van der Waals surface area contributed by atoms with Crippen molar-refractivity contribution in [3.05, 3.63) is 53.1 Å². The van der Waals surface area contributed by atoms with Gasteiger partial charge in [0.25, 0.3) is 0 Å². The van der Waals surface area contributed by atoms with E-state index in [-0.39, 0.29) is 5.91 Å². The van der Waals surface area contributed by atoms with Crippen LogP contribution in [0.25, 0.3) is 5.82 Å². The molecule has 1 amide bonds. The third kappa shape index (κ3) is 5.25. The minimum absolute atomic E-state index is 0.00378. The Morgan fingerprint density at radius 3 is 2.79 bits per heavy atom. The Labute approximate surface area is 164 Å². The zero-order valence-electron chi connectivity index (χ0n) is 16.6. The van der Waals surface area contributed by atoms with Crippen LogP contribution < -0.4 is 5.32 Å². The molecule has 0 bridgehead atoms. The summed E-state index contributed by atoms with van der Waals surface area (Å²) in [7, 11) is 0. The lowest BCUT2D eigenvalue weighted by molar-refractivity contribution is -0.121. The average Bonchev–Trinajstić information content (AvgIpc) is 3.26.